The quantitative estimate of drug-likeness (QED) is 0.665. The second-order valence-electron chi connectivity index (χ2n) is 3.60. The predicted molar refractivity (Wildman–Crippen MR) is 59.7 cm³/mol. The lowest BCUT2D eigenvalue weighted by molar-refractivity contribution is 1.15. The van der Waals surface area contributed by atoms with Crippen molar-refractivity contribution in [2.24, 2.45) is 0 Å². The number of aryl methyl sites for hydroxylation is 1. The predicted octanol–water partition coefficient (Wildman–Crippen LogP) is 1.72. The fourth-order valence-electron chi connectivity index (χ4n) is 1.56. The molecule has 0 saturated carbocycles. The Balaban J connectivity index is 2.19. The molecular weight excluding hydrogens is 202 g/mol. The van der Waals surface area contributed by atoms with E-state index in [1.165, 1.54) is 6.33 Å². The van der Waals surface area contributed by atoms with Gasteiger partial charge in [-0.1, -0.05) is 0 Å². The van der Waals surface area contributed by atoms with Gasteiger partial charge >= 0.3 is 0 Å². The fraction of sp³-hybridized carbons (Fsp3) is 0.0909. The van der Waals surface area contributed by atoms with Gasteiger partial charge in [-0.05, 0) is 18.6 Å². The zero-order valence-corrected chi connectivity index (χ0v) is 8.68. The lowest BCUT2D eigenvalue weighted by Gasteiger charge is -1.91. The zero-order valence-electron chi connectivity index (χ0n) is 8.68. The van der Waals surface area contributed by atoms with Crippen LogP contribution in [0.25, 0.3) is 22.6 Å². The van der Waals surface area contributed by atoms with E-state index in [2.05, 4.69) is 24.9 Å². The minimum atomic E-state index is 0.712. The van der Waals surface area contributed by atoms with Crippen molar-refractivity contribution in [3.8, 4) is 11.4 Å². The molecule has 16 heavy (non-hydrogen) atoms. The molecule has 0 amide bonds. The molecule has 78 valence electrons. The van der Waals surface area contributed by atoms with Crippen molar-refractivity contribution in [1.82, 2.24) is 24.9 Å². The number of aromatic amines is 1. The van der Waals surface area contributed by atoms with Crippen LogP contribution in [0.3, 0.4) is 0 Å². The maximum Gasteiger partial charge on any atom is 0.178 e. The molecule has 0 aliphatic carbocycles. The first-order valence-corrected chi connectivity index (χ1v) is 4.91. The van der Waals surface area contributed by atoms with E-state index in [0.29, 0.717) is 5.65 Å². The number of nitrogens with one attached hydrogen (secondary N) is 1. The molecule has 3 heterocycles. The normalized spacial score (nSPS) is 10.8. The molecule has 0 fully saturated rings. The topological polar surface area (TPSA) is 67.3 Å². The molecule has 3 aromatic rings. The summed E-state index contributed by atoms with van der Waals surface area (Å²) in [5.74, 6) is 0.744. The Morgan fingerprint density at radius 1 is 1.12 bits per heavy atom. The van der Waals surface area contributed by atoms with Crippen LogP contribution in [0.5, 0.6) is 0 Å². The Bertz CT molecular complexity index is 629. The van der Waals surface area contributed by atoms with E-state index in [-0.39, 0.29) is 0 Å². The van der Waals surface area contributed by atoms with Gasteiger partial charge in [0.2, 0.25) is 0 Å². The van der Waals surface area contributed by atoms with Crippen LogP contribution >= 0.6 is 0 Å². The number of pyridine rings is 1. The van der Waals surface area contributed by atoms with E-state index in [4.69, 9.17) is 0 Å². The van der Waals surface area contributed by atoms with Gasteiger partial charge in [0.15, 0.2) is 5.65 Å². The van der Waals surface area contributed by atoms with Crippen molar-refractivity contribution in [3.63, 3.8) is 0 Å². The molecule has 0 radical (unpaired) electrons. The highest BCUT2D eigenvalue weighted by molar-refractivity contribution is 5.75. The number of imidazole rings is 1. The van der Waals surface area contributed by atoms with Crippen molar-refractivity contribution >= 4 is 11.2 Å². The number of rotatable bonds is 1. The van der Waals surface area contributed by atoms with Crippen LogP contribution in [0, 0.1) is 6.92 Å². The van der Waals surface area contributed by atoms with E-state index < -0.39 is 0 Å². The van der Waals surface area contributed by atoms with Crippen molar-refractivity contribution in [2.45, 2.75) is 6.92 Å². The van der Waals surface area contributed by atoms with Crippen LogP contribution in [0.15, 0.2) is 31.0 Å². The zero-order chi connectivity index (χ0) is 11.0. The third-order valence-electron chi connectivity index (χ3n) is 2.31. The lowest BCUT2D eigenvalue weighted by atomic mass is 10.3. The summed E-state index contributed by atoms with van der Waals surface area (Å²) in [6.07, 6.45) is 6.73. The summed E-state index contributed by atoms with van der Waals surface area (Å²) in [4.78, 5) is 19.7. The van der Waals surface area contributed by atoms with Gasteiger partial charge in [0.25, 0.3) is 0 Å². The van der Waals surface area contributed by atoms with Crippen LogP contribution in [-0.4, -0.2) is 24.9 Å². The first-order chi connectivity index (χ1) is 7.83. The van der Waals surface area contributed by atoms with Gasteiger partial charge < -0.3 is 4.98 Å². The summed E-state index contributed by atoms with van der Waals surface area (Å²) >= 11 is 0. The van der Waals surface area contributed by atoms with Gasteiger partial charge in [-0.25, -0.2) is 19.9 Å². The van der Waals surface area contributed by atoms with Gasteiger partial charge in [0.05, 0.1) is 11.1 Å². The Kier molecular flexibility index (Phi) is 1.89. The first-order valence-electron chi connectivity index (χ1n) is 4.91. The number of H-pyrrole nitrogens is 1. The summed E-state index contributed by atoms with van der Waals surface area (Å²) in [5, 5.41) is 0. The maximum atomic E-state index is 4.38. The fourth-order valence-corrected chi connectivity index (χ4v) is 1.56. The number of hydrogen-bond acceptors (Lipinski definition) is 4. The maximum absolute atomic E-state index is 4.38. The van der Waals surface area contributed by atoms with E-state index >= 15 is 0 Å². The third-order valence-corrected chi connectivity index (χ3v) is 2.31. The van der Waals surface area contributed by atoms with Crippen molar-refractivity contribution in [2.75, 3.05) is 0 Å². The van der Waals surface area contributed by atoms with Gasteiger partial charge in [-0.2, -0.15) is 0 Å². The molecule has 0 bridgehead atoms. The van der Waals surface area contributed by atoms with E-state index in [1.54, 1.807) is 18.6 Å². The lowest BCUT2D eigenvalue weighted by Crippen LogP contribution is -1.83. The summed E-state index contributed by atoms with van der Waals surface area (Å²) in [5.41, 5.74) is 3.61. The van der Waals surface area contributed by atoms with E-state index in [1.807, 2.05) is 13.0 Å². The molecule has 0 aliphatic rings. The monoisotopic (exact) mass is 211 g/mol. The average Bonchev–Trinajstić information content (AvgIpc) is 2.73. The summed E-state index contributed by atoms with van der Waals surface area (Å²) in [7, 11) is 0. The molecule has 3 aromatic heterocycles. The Morgan fingerprint density at radius 3 is 2.75 bits per heavy atom. The minimum absolute atomic E-state index is 0.712. The Morgan fingerprint density at radius 2 is 1.94 bits per heavy atom. The first kappa shape index (κ1) is 8.96. The highest BCUT2D eigenvalue weighted by atomic mass is 15.0. The Hall–Kier alpha value is -2.30. The van der Waals surface area contributed by atoms with Crippen LogP contribution in [-0.2, 0) is 0 Å². The van der Waals surface area contributed by atoms with Gasteiger partial charge in [-0.15, -0.1) is 0 Å². The van der Waals surface area contributed by atoms with Crippen molar-refractivity contribution in [1.29, 1.82) is 0 Å². The van der Waals surface area contributed by atoms with Gasteiger partial charge in [0.1, 0.15) is 12.2 Å². The molecule has 0 saturated heterocycles. The van der Waals surface area contributed by atoms with Crippen molar-refractivity contribution < 1.29 is 0 Å². The molecule has 0 aromatic carbocycles. The number of hydrogen-bond donors (Lipinski definition) is 1. The second-order valence-corrected chi connectivity index (χ2v) is 3.60. The molecule has 5 nitrogen and oxygen atoms in total. The number of aromatic nitrogens is 5. The van der Waals surface area contributed by atoms with Crippen molar-refractivity contribution in [3.05, 3.63) is 36.5 Å². The summed E-state index contributed by atoms with van der Waals surface area (Å²) < 4.78 is 0. The summed E-state index contributed by atoms with van der Waals surface area (Å²) in [6, 6.07) is 2.02. The largest absolute Gasteiger partial charge is 0.336 e. The smallest absolute Gasteiger partial charge is 0.178 e. The Labute approximate surface area is 91.6 Å². The molecular formula is C11H9N5. The minimum Gasteiger partial charge on any atom is -0.336 e. The van der Waals surface area contributed by atoms with E-state index in [0.717, 1.165) is 22.5 Å². The van der Waals surface area contributed by atoms with Crippen LogP contribution in [0.4, 0.5) is 0 Å². The van der Waals surface area contributed by atoms with Crippen LogP contribution in [0.1, 0.15) is 5.56 Å². The molecule has 0 unspecified atom stereocenters. The second kappa shape index (κ2) is 3.37. The number of fused-ring (bicyclic) bond motifs is 1. The standard InChI is InChI=1S/C11H9N5/c1-7-2-9-11(14-3-7)16-10(15-9)8-4-12-6-13-5-8/h2-6H,1H3,(H,14,15,16). The third kappa shape index (κ3) is 1.42. The molecule has 0 aliphatic heterocycles. The molecule has 1 N–H and O–H groups in total. The molecule has 3 rings (SSSR count). The molecule has 0 spiro atoms. The molecule has 5 heteroatoms. The van der Waals surface area contributed by atoms with Crippen LogP contribution in [0.2, 0.25) is 0 Å². The van der Waals surface area contributed by atoms with E-state index in [9.17, 15) is 0 Å². The highest BCUT2D eigenvalue weighted by Gasteiger charge is 2.06. The molecule has 0 atom stereocenters. The SMILES string of the molecule is Cc1cnc2nc(-c3cncnc3)[nH]c2c1. The number of nitrogens with zero attached hydrogens (tertiary/aromatic N) is 4. The highest BCUT2D eigenvalue weighted by Crippen LogP contribution is 2.17. The van der Waals surface area contributed by atoms with Gasteiger partial charge in [-0.3, -0.25) is 0 Å². The van der Waals surface area contributed by atoms with Gasteiger partial charge in [0, 0.05) is 18.6 Å². The van der Waals surface area contributed by atoms with Crippen LogP contribution < -0.4 is 0 Å². The average molecular weight is 211 g/mol. The summed E-state index contributed by atoms with van der Waals surface area (Å²) in [6.45, 7) is 2.00.